The number of carbonyl (C=O) groups excluding carboxylic acids is 1. The van der Waals surface area contributed by atoms with Gasteiger partial charge in [-0.15, -0.1) is 0 Å². The lowest BCUT2D eigenvalue weighted by molar-refractivity contribution is -0.127. The molecule has 3 atom stereocenters. The first-order valence-electron chi connectivity index (χ1n) is 9.96. The van der Waals surface area contributed by atoms with E-state index in [0.717, 1.165) is 31.7 Å². The summed E-state index contributed by atoms with van der Waals surface area (Å²) in [5.74, 6) is 1.08. The molecule has 1 saturated heterocycles. The average molecular weight is 358 g/mol. The molecule has 26 heavy (non-hydrogen) atoms. The van der Waals surface area contributed by atoms with E-state index in [1.807, 2.05) is 0 Å². The van der Waals surface area contributed by atoms with Crippen LogP contribution in [0.3, 0.4) is 0 Å². The predicted molar refractivity (Wildman–Crippen MR) is 100 cm³/mol. The SMILES string of the molecule is CC1Cc2cc(C[C@@H](C)NC(=O)CC3CNC4(CCC4)CO3)ccc2O1. The summed E-state index contributed by atoms with van der Waals surface area (Å²) >= 11 is 0. The Morgan fingerprint density at radius 2 is 2.27 bits per heavy atom. The molecule has 1 spiro atoms. The summed E-state index contributed by atoms with van der Waals surface area (Å²) in [4.78, 5) is 12.3. The highest BCUT2D eigenvalue weighted by Gasteiger charge is 2.41. The van der Waals surface area contributed by atoms with Crippen LogP contribution in [-0.2, 0) is 22.4 Å². The van der Waals surface area contributed by atoms with Crippen LogP contribution in [0, 0.1) is 0 Å². The fourth-order valence-corrected chi connectivity index (χ4v) is 4.32. The highest BCUT2D eigenvalue weighted by Crippen LogP contribution is 2.34. The number of ether oxygens (including phenoxy) is 2. The van der Waals surface area contributed by atoms with E-state index in [2.05, 4.69) is 42.7 Å². The van der Waals surface area contributed by atoms with Gasteiger partial charge < -0.3 is 20.1 Å². The van der Waals surface area contributed by atoms with E-state index in [9.17, 15) is 4.79 Å². The van der Waals surface area contributed by atoms with Gasteiger partial charge in [0.1, 0.15) is 11.9 Å². The smallest absolute Gasteiger partial charge is 0.222 e. The second kappa shape index (κ2) is 7.20. The maximum Gasteiger partial charge on any atom is 0.222 e. The zero-order valence-electron chi connectivity index (χ0n) is 15.8. The lowest BCUT2D eigenvalue weighted by Gasteiger charge is -2.47. The Labute approximate surface area is 155 Å². The third-order valence-electron chi connectivity index (χ3n) is 5.93. The van der Waals surface area contributed by atoms with Crippen molar-refractivity contribution in [3.8, 4) is 5.75 Å². The number of fused-ring (bicyclic) bond motifs is 1. The Morgan fingerprint density at radius 3 is 2.96 bits per heavy atom. The van der Waals surface area contributed by atoms with Crippen LogP contribution in [0.5, 0.6) is 5.75 Å². The summed E-state index contributed by atoms with van der Waals surface area (Å²) in [5, 5.41) is 6.71. The van der Waals surface area contributed by atoms with Gasteiger partial charge in [0.2, 0.25) is 5.91 Å². The van der Waals surface area contributed by atoms with Crippen molar-refractivity contribution in [1.29, 1.82) is 0 Å². The molecule has 1 aromatic carbocycles. The van der Waals surface area contributed by atoms with Crippen molar-refractivity contribution in [2.45, 2.75) is 76.2 Å². The first-order chi connectivity index (χ1) is 12.5. The molecule has 2 N–H and O–H groups in total. The zero-order valence-corrected chi connectivity index (χ0v) is 15.8. The number of nitrogens with one attached hydrogen (secondary N) is 2. The van der Waals surface area contributed by atoms with Gasteiger partial charge in [-0.1, -0.05) is 12.1 Å². The van der Waals surface area contributed by atoms with Crippen LogP contribution in [0.2, 0.25) is 0 Å². The standard InChI is InChI=1S/C21H30N2O3/c1-14(8-16-4-5-19-17(10-16)9-15(2)26-19)23-20(24)11-18-12-22-21(13-25-18)6-3-7-21/h4-5,10,14-15,18,22H,3,6-9,11-13H2,1-2H3,(H,23,24)/t14-,15?,18?/m1/s1. The lowest BCUT2D eigenvalue weighted by atomic mass is 9.76. The summed E-state index contributed by atoms with van der Waals surface area (Å²) in [5.41, 5.74) is 2.74. The first kappa shape index (κ1) is 17.8. The first-order valence-corrected chi connectivity index (χ1v) is 9.96. The molecule has 0 radical (unpaired) electrons. The van der Waals surface area contributed by atoms with Crippen LogP contribution in [0.15, 0.2) is 18.2 Å². The van der Waals surface area contributed by atoms with E-state index in [1.165, 1.54) is 30.4 Å². The number of carbonyl (C=O) groups is 1. The third kappa shape index (κ3) is 3.89. The molecule has 1 saturated carbocycles. The molecule has 2 heterocycles. The molecular weight excluding hydrogens is 328 g/mol. The van der Waals surface area contributed by atoms with Crippen LogP contribution in [-0.4, -0.2) is 42.8 Å². The molecule has 142 valence electrons. The van der Waals surface area contributed by atoms with Crippen molar-refractivity contribution in [1.82, 2.24) is 10.6 Å². The van der Waals surface area contributed by atoms with Crippen LogP contribution < -0.4 is 15.4 Å². The van der Waals surface area contributed by atoms with Gasteiger partial charge >= 0.3 is 0 Å². The Bertz CT molecular complexity index is 661. The molecular formula is C21H30N2O3. The number of rotatable bonds is 5. The fraction of sp³-hybridized carbons (Fsp3) is 0.667. The monoisotopic (exact) mass is 358 g/mol. The Kier molecular flexibility index (Phi) is 4.93. The Morgan fingerprint density at radius 1 is 1.42 bits per heavy atom. The summed E-state index contributed by atoms with van der Waals surface area (Å²) in [6.07, 6.45) is 6.18. The van der Waals surface area contributed by atoms with Crippen LogP contribution in [0.25, 0.3) is 0 Å². The molecule has 4 rings (SSSR count). The van der Waals surface area contributed by atoms with Crippen molar-refractivity contribution in [2.24, 2.45) is 0 Å². The van der Waals surface area contributed by atoms with E-state index in [1.54, 1.807) is 0 Å². The van der Waals surface area contributed by atoms with Gasteiger partial charge in [0.25, 0.3) is 0 Å². The molecule has 2 unspecified atom stereocenters. The summed E-state index contributed by atoms with van der Waals surface area (Å²) in [7, 11) is 0. The summed E-state index contributed by atoms with van der Waals surface area (Å²) in [6, 6.07) is 6.48. The maximum atomic E-state index is 12.3. The highest BCUT2D eigenvalue weighted by molar-refractivity contribution is 5.76. The van der Waals surface area contributed by atoms with Crippen LogP contribution in [0.4, 0.5) is 0 Å². The molecule has 2 aliphatic heterocycles. The van der Waals surface area contributed by atoms with Crippen LogP contribution in [0.1, 0.15) is 50.7 Å². The molecule has 1 aromatic rings. The Balaban J connectivity index is 1.23. The largest absolute Gasteiger partial charge is 0.490 e. The summed E-state index contributed by atoms with van der Waals surface area (Å²) in [6.45, 7) is 5.69. The van der Waals surface area contributed by atoms with Crippen molar-refractivity contribution >= 4 is 5.91 Å². The third-order valence-corrected chi connectivity index (χ3v) is 5.93. The number of benzene rings is 1. The number of hydrogen-bond donors (Lipinski definition) is 2. The number of morpholine rings is 1. The van der Waals surface area contributed by atoms with Crippen molar-refractivity contribution < 1.29 is 14.3 Å². The lowest BCUT2D eigenvalue weighted by Crippen LogP contribution is -2.61. The van der Waals surface area contributed by atoms with Crippen molar-refractivity contribution in [3.63, 3.8) is 0 Å². The van der Waals surface area contributed by atoms with Gasteiger partial charge in [-0.2, -0.15) is 0 Å². The minimum Gasteiger partial charge on any atom is -0.490 e. The van der Waals surface area contributed by atoms with E-state index >= 15 is 0 Å². The van der Waals surface area contributed by atoms with Gasteiger partial charge in [-0.05, 0) is 56.7 Å². The molecule has 2 fully saturated rings. The molecule has 0 bridgehead atoms. The minimum absolute atomic E-state index is 0.00736. The molecule has 3 aliphatic rings. The molecule has 5 heteroatoms. The van der Waals surface area contributed by atoms with Crippen molar-refractivity contribution in [3.05, 3.63) is 29.3 Å². The second-order valence-electron chi connectivity index (χ2n) is 8.40. The fourth-order valence-electron chi connectivity index (χ4n) is 4.32. The number of amides is 1. The van der Waals surface area contributed by atoms with Gasteiger partial charge in [0.15, 0.2) is 0 Å². The quantitative estimate of drug-likeness (QED) is 0.848. The molecule has 0 aromatic heterocycles. The van der Waals surface area contributed by atoms with Crippen LogP contribution >= 0.6 is 0 Å². The molecule has 1 aliphatic carbocycles. The van der Waals surface area contributed by atoms with E-state index in [0.29, 0.717) is 6.42 Å². The van der Waals surface area contributed by atoms with E-state index in [-0.39, 0.29) is 29.7 Å². The van der Waals surface area contributed by atoms with Gasteiger partial charge in [0.05, 0.1) is 19.1 Å². The highest BCUT2D eigenvalue weighted by atomic mass is 16.5. The molecule has 5 nitrogen and oxygen atoms in total. The van der Waals surface area contributed by atoms with E-state index in [4.69, 9.17) is 9.47 Å². The molecule has 1 amide bonds. The van der Waals surface area contributed by atoms with Crippen molar-refractivity contribution in [2.75, 3.05) is 13.2 Å². The average Bonchev–Trinajstić information content (AvgIpc) is 2.93. The summed E-state index contributed by atoms with van der Waals surface area (Å²) < 4.78 is 11.7. The normalized spacial score (nSPS) is 27.3. The second-order valence-corrected chi connectivity index (χ2v) is 8.40. The topological polar surface area (TPSA) is 59.6 Å². The van der Waals surface area contributed by atoms with Gasteiger partial charge in [-0.3, -0.25) is 4.79 Å². The predicted octanol–water partition coefficient (Wildman–Crippen LogP) is 2.36. The minimum atomic E-state index is -0.00736. The zero-order chi connectivity index (χ0) is 18.1. The Hall–Kier alpha value is -1.59. The number of hydrogen-bond acceptors (Lipinski definition) is 4. The van der Waals surface area contributed by atoms with Gasteiger partial charge in [-0.25, -0.2) is 0 Å². The van der Waals surface area contributed by atoms with E-state index < -0.39 is 0 Å². The van der Waals surface area contributed by atoms with Gasteiger partial charge in [0, 0.05) is 24.5 Å². The maximum absolute atomic E-state index is 12.3.